The molecule has 2 aliphatic rings. The maximum Gasteiger partial charge on any atom is 0.317 e. The first kappa shape index (κ1) is 17.4. The molecular weight excluding hydrogens is 304 g/mol. The third-order valence-electron chi connectivity index (χ3n) is 4.97. The minimum Gasteiger partial charge on any atom is -0.481 e. The van der Waals surface area contributed by atoms with Crippen LogP contribution in [0.1, 0.15) is 51.4 Å². The topological polar surface area (TPSA) is 118 Å². The average Bonchev–Trinajstić information content (AvgIpc) is 2.54. The quantitative estimate of drug-likeness (QED) is 0.597. The van der Waals surface area contributed by atoms with Gasteiger partial charge in [0.15, 0.2) is 0 Å². The van der Waals surface area contributed by atoms with E-state index in [1.165, 1.54) is 0 Å². The van der Waals surface area contributed by atoms with Crippen molar-refractivity contribution in [1.82, 2.24) is 0 Å². The first-order valence-electron chi connectivity index (χ1n) is 8.13. The van der Waals surface area contributed by atoms with E-state index in [0.29, 0.717) is 25.7 Å². The van der Waals surface area contributed by atoms with Crippen LogP contribution in [0.4, 0.5) is 0 Å². The number of rotatable bonds is 4. The number of hydrogen-bond donors (Lipinski definition) is 2. The fraction of sp³-hybridized carbons (Fsp3) is 0.750. The van der Waals surface area contributed by atoms with E-state index in [-0.39, 0.29) is 0 Å². The molecule has 0 radical (unpaired) electrons. The Hall–Kier alpha value is -1.92. The van der Waals surface area contributed by atoms with Crippen LogP contribution in [-0.2, 0) is 23.9 Å². The molecule has 2 fully saturated rings. The lowest BCUT2D eigenvalue weighted by molar-refractivity contribution is -0.174. The number of hydrogen-bond acceptors (Lipinski definition) is 5. The monoisotopic (exact) mass is 326 g/mol. The van der Waals surface area contributed by atoms with E-state index in [2.05, 4.69) is 0 Å². The van der Waals surface area contributed by atoms with Crippen LogP contribution in [0.2, 0.25) is 0 Å². The Kier molecular flexibility index (Phi) is 5.74. The van der Waals surface area contributed by atoms with Crippen LogP contribution in [0.5, 0.6) is 0 Å². The summed E-state index contributed by atoms with van der Waals surface area (Å²) >= 11 is 0. The standard InChI is InChI=1S/C16H22O7/c17-13(18)9-5-1-3-7-11(9)15(21)23-16(22)12-8-4-2-6-10(12)14(19)20/h9-12H,1-8H2,(H,17,18)(H,19,20). The van der Waals surface area contributed by atoms with Gasteiger partial charge in [-0.1, -0.05) is 25.7 Å². The van der Waals surface area contributed by atoms with Gasteiger partial charge in [0.25, 0.3) is 0 Å². The molecule has 0 aromatic rings. The van der Waals surface area contributed by atoms with E-state index in [4.69, 9.17) is 4.74 Å². The summed E-state index contributed by atoms with van der Waals surface area (Å²) in [5, 5.41) is 18.4. The first-order valence-corrected chi connectivity index (χ1v) is 8.13. The number of aliphatic carboxylic acids is 2. The Morgan fingerprint density at radius 1 is 0.609 bits per heavy atom. The maximum absolute atomic E-state index is 12.2. The molecule has 23 heavy (non-hydrogen) atoms. The molecule has 2 aliphatic carbocycles. The second-order valence-electron chi connectivity index (χ2n) is 6.41. The summed E-state index contributed by atoms with van der Waals surface area (Å²) in [4.78, 5) is 46.8. The number of esters is 2. The zero-order valence-corrected chi connectivity index (χ0v) is 12.9. The lowest BCUT2D eigenvalue weighted by Crippen LogP contribution is -2.38. The van der Waals surface area contributed by atoms with Crippen molar-refractivity contribution < 1.29 is 34.1 Å². The molecule has 0 spiro atoms. The van der Waals surface area contributed by atoms with Crippen molar-refractivity contribution >= 4 is 23.9 Å². The third kappa shape index (κ3) is 4.09. The molecule has 7 nitrogen and oxygen atoms in total. The van der Waals surface area contributed by atoms with Gasteiger partial charge >= 0.3 is 23.9 Å². The highest BCUT2D eigenvalue weighted by atomic mass is 16.6. The van der Waals surface area contributed by atoms with E-state index in [0.717, 1.165) is 25.7 Å². The smallest absolute Gasteiger partial charge is 0.317 e. The molecule has 0 aromatic heterocycles. The predicted octanol–water partition coefficient (Wildman–Crippen LogP) is 1.84. The molecule has 4 atom stereocenters. The zero-order chi connectivity index (χ0) is 17.0. The Bertz CT molecular complexity index is 455. The van der Waals surface area contributed by atoms with E-state index in [1.54, 1.807) is 0 Å². The molecular formula is C16H22O7. The van der Waals surface area contributed by atoms with Crippen molar-refractivity contribution in [2.24, 2.45) is 23.7 Å². The van der Waals surface area contributed by atoms with Gasteiger partial charge in [-0.3, -0.25) is 19.2 Å². The largest absolute Gasteiger partial charge is 0.481 e. The van der Waals surface area contributed by atoms with Gasteiger partial charge in [0.1, 0.15) is 0 Å². The molecule has 4 unspecified atom stereocenters. The van der Waals surface area contributed by atoms with Gasteiger partial charge in [0.05, 0.1) is 23.7 Å². The summed E-state index contributed by atoms with van der Waals surface area (Å²) in [5.41, 5.74) is 0. The van der Waals surface area contributed by atoms with E-state index in [1.807, 2.05) is 0 Å². The summed E-state index contributed by atoms with van der Waals surface area (Å²) in [6.45, 7) is 0. The summed E-state index contributed by atoms with van der Waals surface area (Å²) in [6.07, 6.45) is 4.47. The van der Waals surface area contributed by atoms with Crippen LogP contribution in [-0.4, -0.2) is 34.1 Å². The molecule has 0 amide bonds. The molecule has 0 aliphatic heterocycles. The minimum absolute atomic E-state index is 0.385. The minimum atomic E-state index is -1.06. The zero-order valence-electron chi connectivity index (χ0n) is 12.9. The predicted molar refractivity (Wildman–Crippen MR) is 77.3 cm³/mol. The number of carbonyl (C=O) groups excluding carboxylic acids is 2. The Morgan fingerprint density at radius 2 is 0.913 bits per heavy atom. The second-order valence-corrected chi connectivity index (χ2v) is 6.41. The van der Waals surface area contributed by atoms with Gasteiger partial charge in [-0.2, -0.15) is 0 Å². The maximum atomic E-state index is 12.2. The van der Waals surface area contributed by atoms with Crippen LogP contribution in [0, 0.1) is 23.7 Å². The SMILES string of the molecule is O=C(O)C1CCCCC1C(=O)OC(=O)C1CCCCC1C(=O)O. The van der Waals surface area contributed by atoms with Crippen LogP contribution in [0.15, 0.2) is 0 Å². The molecule has 2 N–H and O–H groups in total. The number of carbonyl (C=O) groups is 4. The Balaban J connectivity index is 2.01. The van der Waals surface area contributed by atoms with E-state index < -0.39 is 47.5 Å². The highest BCUT2D eigenvalue weighted by molar-refractivity contribution is 5.92. The summed E-state index contributed by atoms with van der Waals surface area (Å²) < 4.78 is 4.89. The third-order valence-corrected chi connectivity index (χ3v) is 4.97. The highest BCUT2D eigenvalue weighted by Crippen LogP contribution is 2.34. The van der Waals surface area contributed by atoms with Crippen LogP contribution in [0.3, 0.4) is 0 Å². The average molecular weight is 326 g/mol. The van der Waals surface area contributed by atoms with Crippen LogP contribution in [0.25, 0.3) is 0 Å². The highest BCUT2D eigenvalue weighted by Gasteiger charge is 2.41. The number of carboxylic acids is 2. The van der Waals surface area contributed by atoms with E-state index in [9.17, 15) is 29.4 Å². The molecule has 0 heterocycles. The van der Waals surface area contributed by atoms with Crippen molar-refractivity contribution in [3.63, 3.8) is 0 Å². The van der Waals surface area contributed by atoms with Crippen molar-refractivity contribution in [3.05, 3.63) is 0 Å². The van der Waals surface area contributed by atoms with Crippen molar-refractivity contribution in [3.8, 4) is 0 Å². The normalized spacial score (nSPS) is 31.1. The Morgan fingerprint density at radius 3 is 1.22 bits per heavy atom. The molecule has 128 valence electrons. The molecule has 0 bridgehead atoms. The van der Waals surface area contributed by atoms with Crippen LogP contribution < -0.4 is 0 Å². The first-order chi connectivity index (χ1) is 10.9. The van der Waals surface area contributed by atoms with Gasteiger partial charge in [0.2, 0.25) is 0 Å². The fourth-order valence-corrected chi connectivity index (χ4v) is 3.67. The molecule has 0 aromatic carbocycles. The van der Waals surface area contributed by atoms with Crippen molar-refractivity contribution in [2.45, 2.75) is 51.4 Å². The number of ether oxygens (including phenoxy) is 1. The van der Waals surface area contributed by atoms with Gasteiger partial charge in [0, 0.05) is 0 Å². The van der Waals surface area contributed by atoms with Crippen LogP contribution >= 0.6 is 0 Å². The number of carboxylic acid groups (broad SMARTS) is 2. The van der Waals surface area contributed by atoms with Gasteiger partial charge < -0.3 is 14.9 Å². The summed E-state index contributed by atoms with van der Waals surface area (Å²) in [5.74, 6) is -7.06. The van der Waals surface area contributed by atoms with Crippen molar-refractivity contribution in [1.29, 1.82) is 0 Å². The second kappa shape index (κ2) is 7.57. The molecule has 2 saturated carbocycles. The van der Waals surface area contributed by atoms with Gasteiger partial charge in [-0.25, -0.2) is 0 Å². The summed E-state index contributed by atoms with van der Waals surface area (Å²) in [6, 6.07) is 0. The summed E-state index contributed by atoms with van der Waals surface area (Å²) in [7, 11) is 0. The Labute approximate surface area is 134 Å². The van der Waals surface area contributed by atoms with Crippen molar-refractivity contribution in [2.75, 3.05) is 0 Å². The lowest BCUT2D eigenvalue weighted by Gasteiger charge is -2.29. The van der Waals surface area contributed by atoms with Gasteiger partial charge in [-0.05, 0) is 25.7 Å². The lowest BCUT2D eigenvalue weighted by atomic mass is 9.78. The van der Waals surface area contributed by atoms with Gasteiger partial charge in [-0.15, -0.1) is 0 Å². The molecule has 2 rings (SSSR count). The molecule has 0 saturated heterocycles. The fourth-order valence-electron chi connectivity index (χ4n) is 3.67. The van der Waals surface area contributed by atoms with E-state index >= 15 is 0 Å². The molecule has 7 heteroatoms.